The maximum Gasteiger partial charge on any atom is 0.235 e. The quantitative estimate of drug-likeness (QED) is 0.438. The Labute approximate surface area is 161 Å². The number of aryl methyl sites for hydroxylation is 1. The zero-order valence-corrected chi connectivity index (χ0v) is 15.5. The minimum atomic E-state index is -0.209. The van der Waals surface area contributed by atoms with Crippen molar-refractivity contribution in [3.8, 4) is 17.1 Å². The van der Waals surface area contributed by atoms with Crippen LogP contribution in [0, 0.1) is 6.92 Å². The summed E-state index contributed by atoms with van der Waals surface area (Å²) in [5, 5.41) is 0.975. The van der Waals surface area contributed by atoms with E-state index in [4.69, 9.17) is 20.8 Å². The summed E-state index contributed by atoms with van der Waals surface area (Å²) in [6, 6.07) is 22.4. The standard InChI is InChI=1S/C23H17ClO3/c1-15-10-12-16(13-11-15)14-26-23-21(25)18-7-3-5-9-20(18)27-22(23)17-6-2-4-8-19(17)24/h2-13H,14H2,1H3. The molecule has 4 heteroatoms. The third-order valence-electron chi connectivity index (χ3n) is 4.38. The lowest BCUT2D eigenvalue weighted by molar-refractivity contribution is 0.298. The van der Waals surface area contributed by atoms with E-state index in [2.05, 4.69) is 0 Å². The molecule has 0 aliphatic carbocycles. The summed E-state index contributed by atoms with van der Waals surface area (Å²) >= 11 is 6.35. The van der Waals surface area contributed by atoms with Gasteiger partial charge in [0.1, 0.15) is 12.2 Å². The Morgan fingerprint density at radius 3 is 2.41 bits per heavy atom. The molecule has 0 atom stereocenters. The summed E-state index contributed by atoms with van der Waals surface area (Å²) in [4.78, 5) is 13.1. The Hall–Kier alpha value is -3.04. The summed E-state index contributed by atoms with van der Waals surface area (Å²) in [5.41, 5.74) is 3.05. The Kier molecular flexibility index (Phi) is 4.69. The molecular weight excluding hydrogens is 360 g/mol. The number of para-hydroxylation sites is 1. The highest BCUT2D eigenvalue weighted by molar-refractivity contribution is 6.33. The van der Waals surface area contributed by atoms with Crippen molar-refractivity contribution < 1.29 is 9.15 Å². The van der Waals surface area contributed by atoms with Crippen molar-refractivity contribution in [1.29, 1.82) is 0 Å². The van der Waals surface area contributed by atoms with Crippen molar-refractivity contribution in [3.05, 3.63) is 99.2 Å². The van der Waals surface area contributed by atoms with E-state index < -0.39 is 0 Å². The lowest BCUT2D eigenvalue weighted by Crippen LogP contribution is -2.10. The van der Waals surface area contributed by atoms with E-state index in [1.54, 1.807) is 24.3 Å². The van der Waals surface area contributed by atoms with Crippen LogP contribution in [0.25, 0.3) is 22.3 Å². The van der Waals surface area contributed by atoms with E-state index >= 15 is 0 Å². The van der Waals surface area contributed by atoms with Gasteiger partial charge in [-0.3, -0.25) is 4.79 Å². The first-order valence-corrected chi connectivity index (χ1v) is 9.00. The van der Waals surface area contributed by atoms with E-state index in [9.17, 15) is 4.79 Å². The summed E-state index contributed by atoms with van der Waals surface area (Å²) in [5.74, 6) is 0.513. The summed E-state index contributed by atoms with van der Waals surface area (Å²) in [6.45, 7) is 2.29. The van der Waals surface area contributed by atoms with Crippen LogP contribution < -0.4 is 10.2 Å². The number of rotatable bonds is 4. The number of hydrogen-bond acceptors (Lipinski definition) is 3. The van der Waals surface area contributed by atoms with E-state index in [1.807, 2.05) is 55.5 Å². The van der Waals surface area contributed by atoms with Gasteiger partial charge in [-0.1, -0.05) is 65.7 Å². The predicted octanol–water partition coefficient (Wildman–Crippen LogP) is 6.00. The van der Waals surface area contributed by atoms with Crippen LogP contribution in [0.15, 0.2) is 82.0 Å². The largest absolute Gasteiger partial charge is 0.481 e. The van der Waals surface area contributed by atoms with Gasteiger partial charge in [0.15, 0.2) is 5.76 Å². The molecule has 4 rings (SSSR count). The molecular formula is C23H17ClO3. The van der Waals surface area contributed by atoms with E-state index in [0.29, 0.717) is 27.3 Å². The summed E-state index contributed by atoms with van der Waals surface area (Å²) < 4.78 is 12.0. The molecule has 3 aromatic carbocycles. The Morgan fingerprint density at radius 1 is 0.926 bits per heavy atom. The first-order valence-electron chi connectivity index (χ1n) is 8.62. The summed E-state index contributed by atoms with van der Waals surface area (Å²) in [7, 11) is 0. The first-order chi connectivity index (χ1) is 13.1. The van der Waals surface area contributed by atoms with Crippen LogP contribution >= 0.6 is 11.6 Å². The first kappa shape index (κ1) is 17.4. The zero-order chi connectivity index (χ0) is 18.8. The maximum absolute atomic E-state index is 13.1. The van der Waals surface area contributed by atoms with Crippen molar-refractivity contribution in [2.45, 2.75) is 13.5 Å². The third kappa shape index (κ3) is 3.46. The number of halogens is 1. The van der Waals surface area contributed by atoms with E-state index in [1.165, 1.54) is 5.56 Å². The van der Waals surface area contributed by atoms with Gasteiger partial charge < -0.3 is 9.15 Å². The van der Waals surface area contributed by atoms with Crippen LogP contribution in [0.4, 0.5) is 0 Å². The lowest BCUT2D eigenvalue weighted by Gasteiger charge is -2.12. The molecule has 0 N–H and O–H groups in total. The minimum absolute atomic E-state index is 0.169. The molecule has 4 aromatic rings. The smallest absolute Gasteiger partial charge is 0.235 e. The van der Waals surface area contributed by atoms with Gasteiger partial charge in [0.2, 0.25) is 11.2 Å². The molecule has 0 saturated carbocycles. The SMILES string of the molecule is Cc1ccc(COc2c(-c3ccccc3Cl)oc3ccccc3c2=O)cc1. The molecule has 0 radical (unpaired) electrons. The van der Waals surface area contributed by atoms with Crippen LogP contribution in [-0.2, 0) is 6.61 Å². The number of fused-ring (bicyclic) bond motifs is 1. The van der Waals surface area contributed by atoms with Crippen LogP contribution in [-0.4, -0.2) is 0 Å². The molecule has 134 valence electrons. The molecule has 0 spiro atoms. The molecule has 1 aromatic heterocycles. The van der Waals surface area contributed by atoms with E-state index in [0.717, 1.165) is 5.56 Å². The van der Waals surface area contributed by atoms with Gasteiger partial charge in [-0.25, -0.2) is 0 Å². The fourth-order valence-electron chi connectivity index (χ4n) is 2.92. The predicted molar refractivity (Wildman–Crippen MR) is 108 cm³/mol. The van der Waals surface area contributed by atoms with Gasteiger partial charge >= 0.3 is 0 Å². The van der Waals surface area contributed by atoms with Crippen molar-refractivity contribution >= 4 is 22.6 Å². The molecule has 1 heterocycles. The highest BCUT2D eigenvalue weighted by Crippen LogP contribution is 2.35. The van der Waals surface area contributed by atoms with Crippen LogP contribution in [0.3, 0.4) is 0 Å². The second kappa shape index (κ2) is 7.29. The van der Waals surface area contributed by atoms with E-state index in [-0.39, 0.29) is 17.8 Å². The number of ether oxygens (including phenoxy) is 1. The zero-order valence-electron chi connectivity index (χ0n) is 14.7. The maximum atomic E-state index is 13.1. The topological polar surface area (TPSA) is 39.4 Å². The lowest BCUT2D eigenvalue weighted by atomic mass is 10.1. The Bertz CT molecular complexity index is 1160. The summed E-state index contributed by atoms with van der Waals surface area (Å²) in [6.07, 6.45) is 0. The van der Waals surface area contributed by atoms with Crippen molar-refractivity contribution in [1.82, 2.24) is 0 Å². The fourth-order valence-corrected chi connectivity index (χ4v) is 3.14. The Balaban J connectivity index is 1.85. The van der Waals surface area contributed by atoms with Crippen LogP contribution in [0.5, 0.6) is 5.75 Å². The fraction of sp³-hybridized carbons (Fsp3) is 0.0870. The number of benzene rings is 3. The second-order valence-corrected chi connectivity index (χ2v) is 6.75. The van der Waals surface area contributed by atoms with Gasteiger partial charge in [0, 0.05) is 5.56 Å². The molecule has 3 nitrogen and oxygen atoms in total. The van der Waals surface area contributed by atoms with Crippen LogP contribution in [0.2, 0.25) is 5.02 Å². The molecule has 27 heavy (non-hydrogen) atoms. The molecule has 0 bridgehead atoms. The van der Waals surface area contributed by atoms with Gasteiger partial charge in [0.05, 0.1) is 10.4 Å². The molecule has 0 aliphatic heterocycles. The van der Waals surface area contributed by atoms with Gasteiger partial charge in [-0.2, -0.15) is 0 Å². The average molecular weight is 377 g/mol. The highest BCUT2D eigenvalue weighted by Gasteiger charge is 2.19. The van der Waals surface area contributed by atoms with Gasteiger partial charge in [-0.05, 0) is 36.8 Å². The molecule has 0 saturated heterocycles. The van der Waals surface area contributed by atoms with Gasteiger partial charge in [-0.15, -0.1) is 0 Å². The highest BCUT2D eigenvalue weighted by atomic mass is 35.5. The average Bonchev–Trinajstić information content (AvgIpc) is 2.69. The van der Waals surface area contributed by atoms with Crippen LogP contribution in [0.1, 0.15) is 11.1 Å². The number of hydrogen-bond donors (Lipinski definition) is 0. The van der Waals surface area contributed by atoms with Crippen molar-refractivity contribution in [3.63, 3.8) is 0 Å². The molecule has 0 fully saturated rings. The normalized spacial score (nSPS) is 10.9. The molecule has 0 amide bonds. The Morgan fingerprint density at radius 2 is 1.63 bits per heavy atom. The third-order valence-corrected chi connectivity index (χ3v) is 4.71. The minimum Gasteiger partial charge on any atom is -0.481 e. The van der Waals surface area contributed by atoms with Crippen molar-refractivity contribution in [2.75, 3.05) is 0 Å². The van der Waals surface area contributed by atoms with Crippen molar-refractivity contribution in [2.24, 2.45) is 0 Å². The second-order valence-electron chi connectivity index (χ2n) is 6.34. The monoisotopic (exact) mass is 376 g/mol. The molecule has 0 unspecified atom stereocenters. The molecule has 0 aliphatic rings. The van der Waals surface area contributed by atoms with Gasteiger partial charge in [0.25, 0.3) is 0 Å².